The summed E-state index contributed by atoms with van der Waals surface area (Å²) >= 11 is 1.50. The van der Waals surface area contributed by atoms with Gasteiger partial charge in [-0.25, -0.2) is 0 Å². The van der Waals surface area contributed by atoms with Gasteiger partial charge in [-0.2, -0.15) is 18.4 Å². The maximum absolute atomic E-state index is 14.1. The van der Waals surface area contributed by atoms with Crippen LogP contribution in [0.25, 0.3) is 5.82 Å². The van der Waals surface area contributed by atoms with Gasteiger partial charge in [-0.1, -0.05) is 12.1 Å². The van der Waals surface area contributed by atoms with Crippen LogP contribution in [-0.4, -0.2) is 10.4 Å². The lowest BCUT2D eigenvalue weighted by Gasteiger charge is -2.41. The maximum Gasteiger partial charge on any atom is 0.418 e. The van der Waals surface area contributed by atoms with Crippen LogP contribution in [-0.2, 0) is 11.0 Å². The number of benzene rings is 1. The molecule has 0 saturated carbocycles. The number of hydrogen-bond acceptors (Lipinski definition) is 4. The molecule has 172 valence electrons. The summed E-state index contributed by atoms with van der Waals surface area (Å²) in [5.74, 6) is -0.405. The summed E-state index contributed by atoms with van der Waals surface area (Å²) in [6.07, 6.45) is 0.112. The number of para-hydroxylation sites is 1. The summed E-state index contributed by atoms with van der Waals surface area (Å²) in [6.45, 7) is 1.95. The summed E-state index contributed by atoms with van der Waals surface area (Å²) in [5.41, 5.74) is 0.315. The first kappa shape index (κ1) is 22.2. The van der Waals surface area contributed by atoms with Crippen LogP contribution in [0.15, 0.2) is 77.8 Å². The lowest BCUT2D eigenvalue weighted by atomic mass is 9.78. The van der Waals surface area contributed by atoms with E-state index < -0.39 is 17.7 Å². The minimum atomic E-state index is -4.60. The van der Waals surface area contributed by atoms with Crippen molar-refractivity contribution in [3.63, 3.8) is 0 Å². The second-order valence-corrected chi connectivity index (χ2v) is 9.63. The molecule has 1 aliphatic heterocycles. The molecule has 2 aromatic heterocycles. The van der Waals surface area contributed by atoms with Gasteiger partial charge in [0.1, 0.15) is 5.82 Å². The number of halogens is 3. The highest BCUT2D eigenvalue weighted by Gasteiger charge is 2.44. The SMILES string of the molecule is Cc1ccc([C@@H]2C(C#N)=C(n3cccc3)N(c3ccccc3C(F)(F)F)C3=C2C(=O)CCC3)s1. The van der Waals surface area contributed by atoms with Gasteiger partial charge in [0.2, 0.25) is 0 Å². The lowest BCUT2D eigenvalue weighted by Crippen LogP contribution is -2.37. The Balaban J connectivity index is 1.88. The maximum atomic E-state index is 14.1. The van der Waals surface area contributed by atoms with E-state index in [-0.39, 0.29) is 17.0 Å². The highest BCUT2D eigenvalue weighted by atomic mass is 32.1. The molecule has 5 rings (SSSR count). The zero-order valence-electron chi connectivity index (χ0n) is 18.3. The molecule has 0 amide bonds. The monoisotopic (exact) mass is 479 g/mol. The van der Waals surface area contributed by atoms with Crippen LogP contribution in [0.4, 0.5) is 18.9 Å². The number of nitrogens with zero attached hydrogens (tertiary/aromatic N) is 3. The molecule has 1 aromatic carbocycles. The van der Waals surface area contributed by atoms with Gasteiger partial charge in [-0.05, 0) is 56.2 Å². The number of carbonyl (C=O) groups is 1. The summed E-state index contributed by atoms with van der Waals surface area (Å²) < 4.78 is 44.0. The number of alkyl halides is 3. The van der Waals surface area contributed by atoms with Crippen molar-refractivity contribution in [1.29, 1.82) is 5.26 Å². The number of allylic oxidation sites excluding steroid dienone is 3. The first-order chi connectivity index (χ1) is 16.3. The fourth-order valence-corrected chi connectivity index (χ4v) is 5.83. The molecule has 2 aliphatic rings. The second kappa shape index (κ2) is 8.33. The third kappa shape index (κ3) is 3.57. The van der Waals surface area contributed by atoms with Crippen LogP contribution >= 0.6 is 11.3 Å². The first-order valence-electron chi connectivity index (χ1n) is 10.9. The smallest absolute Gasteiger partial charge is 0.309 e. The molecule has 8 heteroatoms. The molecule has 0 bridgehead atoms. The third-order valence-electron chi connectivity index (χ3n) is 6.19. The predicted octanol–water partition coefficient (Wildman–Crippen LogP) is 6.88. The Morgan fingerprint density at radius 2 is 1.79 bits per heavy atom. The number of anilines is 1. The van der Waals surface area contributed by atoms with Gasteiger partial charge in [-0.3, -0.25) is 9.69 Å². The van der Waals surface area contributed by atoms with E-state index >= 15 is 0 Å². The Kier molecular flexibility index (Phi) is 5.45. The Bertz CT molecular complexity index is 1370. The number of nitriles is 1. The van der Waals surface area contributed by atoms with Gasteiger partial charge >= 0.3 is 6.18 Å². The largest absolute Gasteiger partial charge is 0.418 e. The number of Topliss-reactive ketones (excluding diaryl/α,β-unsaturated/α-hetero) is 1. The van der Waals surface area contributed by atoms with Crippen molar-refractivity contribution >= 4 is 28.6 Å². The molecule has 0 N–H and O–H groups in total. The van der Waals surface area contributed by atoms with E-state index in [9.17, 15) is 23.2 Å². The highest BCUT2D eigenvalue weighted by molar-refractivity contribution is 7.12. The summed E-state index contributed by atoms with van der Waals surface area (Å²) in [4.78, 5) is 16.7. The fourth-order valence-electron chi connectivity index (χ4n) is 4.83. The molecule has 3 heterocycles. The third-order valence-corrected chi connectivity index (χ3v) is 7.26. The molecular weight excluding hydrogens is 459 g/mol. The molecule has 0 radical (unpaired) electrons. The van der Waals surface area contributed by atoms with Gasteiger partial charge in [0.05, 0.1) is 28.8 Å². The van der Waals surface area contributed by atoms with Crippen molar-refractivity contribution in [3.05, 3.63) is 93.1 Å². The molecule has 1 atom stereocenters. The van der Waals surface area contributed by atoms with Gasteiger partial charge in [0.15, 0.2) is 5.78 Å². The number of rotatable bonds is 3. The van der Waals surface area contributed by atoms with E-state index in [0.29, 0.717) is 36.4 Å². The summed E-state index contributed by atoms with van der Waals surface area (Å²) in [5, 5.41) is 10.4. The molecular formula is C26H20F3N3OS. The van der Waals surface area contributed by atoms with Gasteiger partial charge in [0, 0.05) is 39.8 Å². The second-order valence-electron chi connectivity index (χ2n) is 8.31. The molecule has 0 unspecified atom stereocenters. The summed E-state index contributed by atoms with van der Waals surface area (Å²) in [6, 6.07) is 15.0. The number of ketones is 1. The number of aryl methyl sites for hydroxylation is 1. The Labute approximate surface area is 198 Å². The minimum Gasteiger partial charge on any atom is -0.309 e. The zero-order chi connectivity index (χ0) is 24.0. The highest BCUT2D eigenvalue weighted by Crippen LogP contribution is 2.51. The Morgan fingerprint density at radius 3 is 2.44 bits per heavy atom. The topological polar surface area (TPSA) is 49.0 Å². The number of aromatic nitrogens is 1. The standard InChI is InChI=1S/C26H20F3N3OS/c1-16-11-12-22(34-16)23-17(15-30)25(31-13-4-5-14-31)32(20-9-6-10-21(33)24(20)23)19-8-3-2-7-18(19)26(27,28)29/h2-5,7-8,11-14,23H,6,9-10H2,1H3/t23-/m0/s1. The summed E-state index contributed by atoms with van der Waals surface area (Å²) in [7, 11) is 0. The van der Waals surface area contributed by atoms with Crippen LogP contribution in [0, 0.1) is 18.3 Å². The van der Waals surface area contributed by atoms with Crippen LogP contribution in [0.1, 0.15) is 40.5 Å². The van der Waals surface area contributed by atoms with E-state index in [1.807, 2.05) is 19.1 Å². The number of carbonyl (C=O) groups excluding carboxylic acids is 1. The van der Waals surface area contributed by atoms with Crippen molar-refractivity contribution in [2.24, 2.45) is 0 Å². The zero-order valence-corrected chi connectivity index (χ0v) is 19.1. The average Bonchev–Trinajstić information content (AvgIpc) is 3.49. The van der Waals surface area contributed by atoms with Crippen molar-refractivity contribution in [2.45, 2.75) is 38.3 Å². The molecule has 3 aromatic rings. The quantitative estimate of drug-likeness (QED) is 0.411. The Hall–Kier alpha value is -3.57. The van der Waals surface area contributed by atoms with Crippen LogP contribution in [0.2, 0.25) is 0 Å². The molecule has 0 saturated heterocycles. The van der Waals surface area contributed by atoms with Gasteiger partial charge in [0.25, 0.3) is 0 Å². The molecule has 4 nitrogen and oxygen atoms in total. The van der Waals surface area contributed by atoms with Crippen molar-refractivity contribution < 1.29 is 18.0 Å². The van der Waals surface area contributed by atoms with Gasteiger partial charge in [-0.15, -0.1) is 11.3 Å². The normalized spacial score (nSPS) is 18.9. The molecule has 0 fully saturated rings. The first-order valence-corrected chi connectivity index (χ1v) is 11.7. The average molecular weight is 480 g/mol. The van der Waals surface area contributed by atoms with Crippen LogP contribution in [0.3, 0.4) is 0 Å². The van der Waals surface area contributed by atoms with E-state index in [4.69, 9.17) is 0 Å². The number of hydrogen-bond donors (Lipinski definition) is 0. The lowest BCUT2D eigenvalue weighted by molar-refractivity contribution is -0.137. The Morgan fingerprint density at radius 1 is 1.06 bits per heavy atom. The molecule has 0 spiro atoms. The van der Waals surface area contributed by atoms with Crippen LogP contribution < -0.4 is 4.90 Å². The van der Waals surface area contributed by atoms with E-state index in [0.717, 1.165) is 15.8 Å². The predicted molar refractivity (Wildman–Crippen MR) is 125 cm³/mol. The van der Waals surface area contributed by atoms with Crippen molar-refractivity contribution in [2.75, 3.05) is 4.90 Å². The van der Waals surface area contributed by atoms with Crippen molar-refractivity contribution in [3.8, 4) is 6.07 Å². The minimum absolute atomic E-state index is 0.0885. The van der Waals surface area contributed by atoms with Crippen molar-refractivity contribution in [1.82, 2.24) is 4.57 Å². The fraction of sp³-hybridized carbons (Fsp3) is 0.231. The van der Waals surface area contributed by atoms with E-state index in [1.165, 1.54) is 28.4 Å². The number of thiophene rings is 1. The van der Waals surface area contributed by atoms with E-state index in [1.54, 1.807) is 35.2 Å². The van der Waals surface area contributed by atoms with Crippen LogP contribution in [0.5, 0.6) is 0 Å². The molecule has 1 aliphatic carbocycles. The van der Waals surface area contributed by atoms with Gasteiger partial charge < -0.3 is 4.57 Å². The molecule has 34 heavy (non-hydrogen) atoms. The van der Waals surface area contributed by atoms with E-state index in [2.05, 4.69) is 6.07 Å².